The number of amides is 2. The van der Waals surface area contributed by atoms with Crippen LogP contribution in [0, 0.1) is 12.8 Å². The molecule has 0 N–H and O–H groups in total. The first-order valence-electron chi connectivity index (χ1n) is 12.5. The van der Waals surface area contributed by atoms with Crippen molar-refractivity contribution in [2.24, 2.45) is 5.92 Å². The summed E-state index contributed by atoms with van der Waals surface area (Å²) in [5.41, 5.74) is 2.73. The minimum atomic E-state index is -0.213. The lowest BCUT2D eigenvalue weighted by atomic mass is 10.00. The van der Waals surface area contributed by atoms with Gasteiger partial charge in [0.2, 0.25) is 5.91 Å². The number of nitrogens with zero attached hydrogens (tertiary/aromatic N) is 2. The van der Waals surface area contributed by atoms with Crippen LogP contribution in [0.4, 0.5) is 0 Å². The van der Waals surface area contributed by atoms with Gasteiger partial charge in [0, 0.05) is 18.0 Å². The Morgan fingerprint density at radius 3 is 2.64 bits per heavy atom. The van der Waals surface area contributed by atoms with Crippen molar-refractivity contribution in [3.05, 3.63) is 86.6 Å². The van der Waals surface area contributed by atoms with Crippen LogP contribution in [0.1, 0.15) is 52.7 Å². The summed E-state index contributed by atoms with van der Waals surface area (Å²) in [7, 11) is 0. The largest absolute Gasteiger partial charge is 0.491 e. The average molecular weight is 525 g/mol. The van der Waals surface area contributed by atoms with Gasteiger partial charge in [0.15, 0.2) is 0 Å². The number of rotatable bonds is 9. The van der Waals surface area contributed by atoms with Crippen LogP contribution in [0.5, 0.6) is 5.75 Å². The lowest BCUT2D eigenvalue weighted by molar-refractivity contribution is -0.135. The molecular formula is C29H33ClN2O3S. The fourth-order valence-electron chi connectivity index (χ4n) is 4.47. The summed E-state index contributed by atoms with van der Waals surface area (Å²) in [5, 5.41) is 2.47. The molecule has 36 heavy (non-hydrogen) atoms. The van der Waals surface area contributed by atoms with E-state index in [1.807, 2.05) is 36.1 Å². The van der Waals surface area contributed by atoms with Gasteiger partial charge in [-0.1, -0.05) is 61.7 Å². The molecule has 7 heteroatoms. The molecule has 2 aromatic carbocycles. The van der Waals surface area contributed by atoms with Gasteiger partial charge in [0.25, 0.3) is 5.91 Å². The van der Waals surface area contributed by atoms with Gasteiger partial charge in [-0.25, -0.2) is 0 Å². The lowest BCUT2D eigenvalue weighted by Gasteiger charge is -2.37. The summed E-state index contributed by atoms with van der Waals surface area (Å²) in [6.45, 7) is 7.69. The van der Waals surface area contributed by atoms with E-state index in [4.69, 9.17) is 16.3 Å². The van der Waals surface area contributed by atoms with E-state index in [1.165, 1.54) is 10.4 Å². The SMILES string of the molecule is CCC(C)CN(CC(=O)N1CCc2sccc2C1COc1ccc(C)cc1)C(=O)c1ccccc1Cl. The van der Waals surface area contributed by atoms with Crippen molar-refractivity contribution >= 4 is 34.8 Å². The van der Waals surface area contributed by atoms with Gasteiger partial charge in [-0.05, 0) is 60.5 Å². The topological polar surface area (TPSA) is 49.9 Å². The third-order valence-electron chi connectivity index (χ3n) is 6.79. The van der Waals surface area contributed by atoms with E-state index < -0.39 is 0 Å². The highest BCUT2D eigenvalue weighted by molar-refractivity contribution is 7.10. The third kappa shape index (κ3) is 6.11. The van der Waals surface area contributed by atoms with Crippen molar-refractivity contribution < 1.29 is 14.3 Å². The molecule has 5 nitrogen and oxygen atoms in total. The molecule has 2 heterocycles. The number of ether oxygens (including phenoxy) is 1. The van der Waals surface area contributed by atoms with Gasteiger partial charge in [-0.15, -0.1) is 11.3 Å². The molecule has 1 aromatic heterocycles. The Labute approximate surface area is 222 Å². The second kappa shape index (κ2) is 11.9. The van der Waals surface area contributed by atoms with Crippen LogP contribution >= 0.6 is 22.9 Å². The van der Waals surface area contributed by atoms with E-state index in [0.717, 1.165) is 24.2 Å². The number of hydrogen-bond donors (Lipinski definition) is 0. The van der Waals surface area contributed by atoms with Crippen LogP contribution in [0.25, 0.3) is 0 Å². The summed E-state index contributed by atoms with van der Waals surface area (Å²) >= 11 is 8.06. The van der Waals surface area contributed by atoms with Gasteiger partial charge in [-0.3, -0.25) is 9.59 Å². The number of carbonyl (C=O) groups is 2. The number of fused-ring (bicyclic) bond motifs is 1. The Balaban J connectivity index is 1.55. The number of halogens is 1. The van der Waals surface area contributed by atoms with Crippen molar-refractivity contribution in [2.45, 2.75) is 39.7 Å². The van der Waals surface area contributed by atoms with E-state index in [0.29, 0.717) is 30.3 Å². The van der Waals surface area contributed by atoms with Crippen LogP contribution in [0.2, 0.25) is 5.02 Å². The van der Waals surface area contributed by atoms with Crippen molar-refractivity contribution in [3.8, 4) is 5.75 Å². The molecule has 1 aliphatic heterocycles. The van der Waals surface area contributed by atoms with Gasteiger partial charge in [0.1, 0.15) is 18.9 Å². The zero-order valence-electron chi connectivity index (χ0n) is 21.1. The maximum atomic E-state index is 13.7. The van der Waals surface area contributed by atoms with Crippen molar-refractivity contribution in [3.63, 3.8) is 0 Å². The van der Waals surface area contributed by atoms with Gasteiger partial charge in [-0.2, -0.15) is 0 Å². The fourth-order valence-corrected chi connectivity index (χ4v) is 5.61. The fraction of sp³-hybridized carbons (Fsp3) is 0.379. The second-order valence-electron chi connectivity index (χ2n) is 9.46. The lowest BCUT2D eigenvalue weighted by Crippen LogP contribution is -2.48. The highest BCUT2D eigenvalue weighted by atomic mass is 35.5. The van der Waals surface area contributed by atoms with Crippen molar-refractivity contribution in [2.75, 3.05) is 26.2 Å². The first-order chi connectivity index (χ1) is 17.4. The summed E-state index contributed by atoms with van der Waals surface area (Å²) in [6, 6.07) is 16.9. The number of aryl methyl sites for hydroxylation is 1. The number of carbonyl (C=O) groups excluding carboxylic acids is 2. The maximum absolute atomic E-state index is 13.7. The molecule has 2 amide bonds. The van der Waals surface area contributed by atoms with E-state index in [9.17, 15) is 9.59 Å². The molecule has 0 aliphatic carbocycles. The molecule has 1 aliphatic rings. The van der Waals surface area contributed by atoms with E-state index in [2.05, 4.69) is 25.3 Å². The van der Waals surface area contributed by atoms with Crippen molar-refractivity contribution in [1.29, 1.82) is 0 Å². The molecule has 4 rings (SSSR count). The number of thiophene rings is 1. The molecule has 0 saturated carbocycles. The summed E-state index contributed by atoms with van der Waals surface area (Å²) < 4.78 is 6.14. The highest BCUT2D eigenvalue weighted by Gasteiger charge is 2.34. The quantitative estimate of drug-likeness (QED) is 0.325. The predicted octanol–water partition coefficient (Wildman–Crippen LogP) is 6.40. The van der Waals surface area contributed by atoms with Crippen LogP contribution in [0.15, 0.2) is 60.0 Å². The molecular weight excluding hydrogens is 492 g/mol. The van der Waals surface area contributed by atoms with Crippen molar-refractivity contribution in [1.82, 2.24) is 9.80 Å². The molecule has 0 fully saturated rings. The molecule has 190 valence electrons. The zero-order chi connectivity index (χ0) is 25.7. The Morgan fingerprint density at radius 1 is 1.17 bits per heavy atom. The summed E-state index contributed by atoms with van der Waals surface area (Å²) in [5.74, 6) is 0.750. The maximum Gasteiger partial charge on any atom is 0.255 e. The number of hydrogen-bond acceptors (Lipinski definition) is 4. The van der Waals surface area contributed by atoms with Gasteiger partial charge >= 0.3 is 0 Å². The molecule has 0 bridgehead atoms. The highest BCUT2D eigenvalue weighted by Crippen LogP contribution is 2.34. The minimum Gasteiger partial charge on any atom is -0.491 e. The standard InChI is InChI=1S/C29H33ClN2O3S/c1-4-20(2)17-31(29(34)23-7-5-6-8-25(23)30)18-28(33)32-15-13-27-24(14-16-36-27)26(32)19-35-22-11-9-21(3)10-12-22/h5-12,14,16,20,26H,4,13,15,17-19H2,1-3H3. The predicted molar refractivity (Wildman–Crippen MR) is 146 cm³/mol. The Hall–Kier alpha value is -2.83. The zero-order valence-corrected chi connectivity index (χ0v) is 22.6. The van der Waals surface area contributed by atoms with Crippen LogP contribution in [-0.4, -0.2) is 47.9 Å². The minimum absolute atomic E-state index is 0.00883. The van der Waals surface area contributed by atoms with E-state index >= 15 is 0 Å². The third-order valence-corrected chi connectivity index (χ3v) is 8.12. The molecule has 2 atom stereocenters. The Morgan fingerprint density at radius 2 is 1.92 bits per heavy atom. The van der Waals surface area contributed by atoms with E-state index in [-0.39, 0.29) is 30.3 Å². The second-order valence-corrected chi connectivity index (χ2v) is 10.9. The molecule has 0 radical (unpaired) electrons. The monoisotopic (exact) mass is 524 g/mol. The molecule has 0 saturated heterocycles. The average Bonchev–Trinajstić information content (AvgIpc) is 3.36. The van der Waals surface area contributed by atoms with Gasteiger partial charge < -0.3 is 14.5 Å². The summed E-state index contributed by atoms with van der Waals surface area (Å²) in [4.78, 5) is 32.0. The van der Waals surface area contributed by atoms with Crippen LogP contribution < -0.4 is 4.74 Å². The first-order valence-corrected chi connectivity index (χ1v) is 13.7. The molecule has 2 unspecified atom stereocenters. The summed E-state index contributed by atoms with van der Waals surface area (Å²) in [6.07, 6.45) is 1.72. The smallest absolute Gasteiger partial charge is 0.255 e. The Bertz CT molecular complexity index is 1190. The molecule has 0 spiro atoms. The number of benzene rings is 2. The Kier molecular flexibility index (Phi) is 8.70. The van der Waals surface area contributed by atoms with Crippen LogP contribution in [-0.2, 0) is 11.2 Å². The molecule has 3 aromatic rings. The normalized spacial score (nSPS) is 15.8. The van der Waals surface area contributed by atoms with Gasteiger partial charge in [0.05, 0.1) is 16.6 Å². The van der Waals surface area contributed by atoms with Crippen LogP contribution in [0.3, 0.4) is 0 Å². The van der Waals surface area contributed by atoms with E-state index in [1.54, 1.807) is 40.5 Å². The first kappa shape index (κ1) is 26.2.